The van der Waals surface area contributed by atoms with E-state index in [9.17, 15) is 9.59 Å². The number of nitrogens with zero attached hydrogens (tertiary/aromatic N) is 2. The van der Waals surface area contributed by atoms with Crippen LogP contribution in [0.3, 0.4) is 0 Å². The van der Waals surface area contributed by atoms with Crippen LogP contribution in [0.5, 0.6) is 5.75 Å². The number of carbonyl (C=O) groups is 1. The summed E-state index contributed by atoms with van der Waals surface area (Å²) < 4.78 is 7.35. The highest BCUT2D eigenvalue weighted by Crippen LogP contribution is 2.17. The number of ether oxygens (including phenoxy) is 1. The highest BCUT2D eigenvalue weighted by molar-refractivity contribution is 6.00. The summed E-state index contributed by atoms with van der Waals surface area (Å²) in [6.07, 6.45) is 1.94. The highest BCUT2D eigenvalue weighted by atomic mass is 16.5. The van der Waals surface area contributed by atoms with E-state index in [1.165, 1.54) is 0 Å². The first-order valence-corrected chi connectivity index (χ1v) is 10.4. The van der Waals surface area contributed by atoms with Crippen LogP contribution < -0.4 is 20.9 Å². The maximum absolute atomic E-state index is 13.0. The van der Waals surface area contributed by atoms with Crippen LogP contribution in [-0.4, -0.2) is 46.0 Å². The average Bonchev–Trinajstić information content (AvgIpc) is 2.75. The van der Waals surface area contributed by atoms with E-state index in [1.807, 2.05) is 13.8 Å². The van der Waals surface area contributed by atoms with Crippen molar-refractivity contribution < 1.29 is 14.6 Å². The number of carboxylic acid groups (broad SMARTS) is 1. The number of hydrogen-bond donors (Lipinski definition) is 4. The van der Waals surface area contributed by atoms with Gasteiger partial charge in [-0.15, -0.1) is 0 Å². The molecule has 0 radical (unpaired) electrons. The number of hydrogen-bond acceptors (Lipinski definition) is 7. The molecule has 1 heterocycles. The molecular weight excluding hydrogens is 398 g/mol. The Labute approximate surface area is 182 Å². The second-order valence-corrected chi connectivity index (χ2v) is 7.12. The minimum absolute atomic E-state index is 0.212. The Bertz CT molecular complexity index is 969. The predicted octanol–water partition coefficient (Wildman–Crippen LogP) is 2.98. The van der Waals surface area contributed by atoms with Crippen molar-refractivity contribution in [2.45, 2.75) is 52.6 Å². The molecule has 1 aromatic carbocycles. The maximum Gasteiger partial charge on any atom is 0.325 e. The smallest absolute Gasteiger partial charge is 0.325 e. The van der Waals surface area contributed by atoms with Gasteiger partial charge in [-0.05, 0) is 37.6 Å². The normalized spacial score (nSPS) is 11.6. The van der Waals surface area contributed by atoms with Gasteiger partial charge in [0, 0.05) is 19.2 Å². The third-order valence-corrected chi connectivity index (χ3v) is 4.79. The van der Waals surface area contributed by atoms with Crippen molar-refractivity contribution in [2.24, 2.45) is 0 Å². The van der Waals surface area contributed by atoms with Crippen molar-refractivity contribution in [3.63, 3.8) is 0 Å². The lowest BCUT2D eigenvalue weighted by Gasteiger charge is -2.17. The van der Waals surface area contributed by atoms with Crippen molar-refractivity contribution in [1.82, 2.24) is 9.55 Å². The zero-order valence-corrected chi connectivity index (χ0v) is 18.5. The van der Waals surface area contributed by atoms with Crippen LogP contribution in [0, 0.1) is 5.41 Å². The molecule has 0 aliphatic heterocycles. The number of rotatable bonds is 12. The molecule has 0 aliphatic rings. The molecule has 0 saturated heterocycles. The van der Waals surface area contributed by atoms with Crippen molar-refractivity contribution in [3.8, 4) is 5.75 Å². The molecule has 4 N–H and O–H groups in total. The Morgan fingerprint density at radius 1 is 1.29 bits per heavy atom. The molecule has 1 aromatic heterocycles. The third-order valence-electron chi connectivity index (χ3n) is 4.79. The maximum atomic E-state index is 13.0. The number of aryl methyl sites for hydroxylation is 1. The summed E-state index contributed by atoms with van der Waals surface area (Å²) in [5.41, 5.74) is 1.57. The quantitative estimate of drug-likeness (QED) is 0.382. The lowest BCUT2D eigenvalue weighted by atomic mass is 10.1. The Morgan fingerprint density at radius 2 is 1.97 bits per heavy atom. The Kier molecular flexibility index (Phi) is 8.60. The monoisotopic (exact) mass is 429 g/mol. The van der Waals surface area contributed by atoms with E-state index in [-0.39, 0.29) is 12.2 Å². The molecular formula is C22H31N5O4. The molecule has 1 unspecified atom stereocenters. The van der Waals surface area contributed by atoms with Crippen molar-refractivity contribution in [2.75, 3.05) is 24.3 Å². The van der Waals surface area contributed by atoms with Crippen LogP contribution in [0.25, 0.3) is 0 Å². The SMILES string of the molecule is CCCC(=N)c1nc(CC)n(CCOc2ccc(NC(C)C(=O)O)cc2)c(=O)c1NC. The molecule has 0 fully saturated rings. The van der Waals surface area contributed by atoms with Gasteiger partial charge in [0.1, 0.15) is 35.6 Å². The van der Waals surface area contributed by atoms with Crippen LogP contribution in [0.1, 0.15) is 45.1 Å². The molecule has 0 saturated carbocycles. The lowest BCUT2D eigenvalue weighted by molar-refractivity contribution is -0.137. The summed E-state index contributed by atoms with van der Waals surface area (Å²) in [7, 11) is 1.66. The van der Waals surface area contributed by atoms with E-state index >= 15 is 0 Å². The fraction of sp³-hybridized carbons (Fsp3) is 0.455. The molecule has 2 rings (SSSR count). The van der Waals surface area contributed by atoms with Gasteiger partial charge >= 0.3 is 5.97 Å². The number of aliphatic carboxylic acids is 1. The van der Waals surface area contributed by atoms with Crippen molar-refractivity contribution in [3.05, 3.63) is 46.1 Å². The Hall–Kier alpha value is -3.36. The van der Waals surface area contributed by atoms with Gasteiger partial charge in [0.25, 0.3) is 5.56 Å². The van der Waals surface area contributed by atoms with Gasteiger partial charge in [0.2, 0.25) is 0 Å². The number of carboxylic acids is 1. The Balaban J connectivity index is 2.12. The second kappa shape index (κ2) is 11.1. The first kappa shape index (κ1) is 23.9. The molecule has 0 amide bonds. The largest absolute Gasteiger partial charge is 0.492 e. The van der Waals surface area contributed by atoms with Crippen LogP contribution in [0.2, 0.25) is 0 Å². The number of anilines is 2. The van der Waals surface area contributed by atoms with Crippen LogP contribution in [-0.2, 0) is 17.8 Å². The topological polar surface area (TPSA) is 129 Å². The Morgan fingerprint density at radius 3 is 2.52 bits per heavy atom. The van der Waals surface area contributed by atoms with Gasteiger partial charge < -0.3 is 25.9 Å². The summed E-state index contributed by atoms with van der Waals surface area (Å²) in [5, 5.41) is 23.0. The average molecular weight is 430 g/mol. The summed E-state index contributed by atoms with van der Waals surface area (Å²) in [6.45, 7) is 6.07. The minimum Gasteiger partial charge on any atom is -0.492 e. The summed E-state index contributed by atoms with van der Waals surface area (Å²) in [5.74, 6) is 0.302. The summed E-state index contributed by atoms with van der Waals surface area (Å²) in [6, 6.07) is 6.28. The third kappa shape index (κ3) is 6.07. The minimum atomic E-state index is -0.928. The van der Waals surface area contributed by atoms with Gasteiger partial charge in [-0.1, -0.05) is 20.3 Å². The highest BCUT2D eigenvalue weighted by Gasteiger charge is 2.18. The zero-order valence-electron chi connectivity index (χ0n) is 18.5. The van der Waals surface area contributed by atoms with Crippen LogP contribution in [0.4, 0.5) is 11.4 Å². The van der Waals surface area contributed by atoms with E-state index in [0.29, 0.717) is 53.7 Å². The summed E-state index contributed by atoms with van der Waals surface area (Å²) in [4.78, 5) is 28.5. The molecule has 9 nitrogen and oxygen atoms in total. The number of nitrogens with one attached hydrogen (secondary N) is 3. The van der Waals surface area contributed by atoms with Gasteiger partial charge in [-0.25, -0.2) is 4.98 Å². The zero-order chi connectivity index (χ0) is 23.0. The van der Waals surface area contributed by atoms with Gasteiger partial charge in [-0.3, -0.25) is 14.2 Å². The van der Waals surface area contributed by atoms with Gasteiger partial charge in [-0.2, -0.15) is 0 Å². The first-order valence-electron chi connectivity index (χ1n) is 10.4. The van der Waals surface area contributed by atoms with Crippen LogP contribution >= 0.6 is 0 Å². The van der Waals surface area contributed by atoms with Gasteiger partial charge in [0.05, 0.1) is 12.3 Å². The molecule has 0 spiro atoms. The standard InChI is InChI=1S/C22H31N5O4/c1-5-7-17(23)19-20(24-4)21(28)27(18(6-2)26-19)12-13-31-16-10-8-15(9-11-16)25-14(3)22(29)30/h8-11,14,23-25H,5-7,12-13H2,1-4H3,(H,29,30). The van der Waals surface area contributed by atoms with Crippen molar-refractivity contribution >= 4 is 23.1 Å². The van der Waals surface area contributed by atoms with E-state index in [0.717, 1.165) is 6.42 Å². The molecule has 0 aliphatic carbocycles. The fourth-order valence-electron chi connectivity index (χ4n) is 3.13. The lowest BCUT2D eigenvalue weighted by Crippen LogP contribution is -2.31. The fourth-order valence-corrected chi connectivity index (χ4v) is 3.13. The predicted molar refractivity (Wildman–Crippen MR) is 122 cm³/mol. The van der Waals surface area contributed by atoms with E-state index in [2.05, 4.69) is 15.6 Å². The summed E-state index contributed by atoms with van der Waals surface area (Å²) >= 11 is 0. The molecule has 1 atom stereocenters. The van der Waals surface area contributed by atoms with E-state index < -0.39 is 12.0 Å². The number of aromatic nitrogens is 2. The van der Waals surface area contributed by atoms with Crippen LogP contribution in [0.15, 0.2) is 29.1 Å². The first-order chi connectivity index (χ1) is 14.8. The van der Waals surface area contributed by atoms with Crippen molar-refractivity contribution in [1.29, 1.82) is 5.41 Å². The molecule has 9 heteroatoms. The molecule has 168 valence electrons. The molecule has 2 aromatic rings. The van der Waals surface area contributed by atoms with Gasteiger partial charge in [0.15, 0.2) is 0 Å². The second-order valence-electron chi connectivity index (χ2n) is 7.12. The van der Waals surface area contributed by atoms with E-state index in [4.69, 9.17) is 15.3 Å². The number of benzene rings is 1. The molecule has 31 heavy (non-hydrogen) atoms. The van der Waals surface area contributed by atoms with E-state index in [1.54, 1.807) is 42.8 Å². The molecule has 0 bridgehead atoms.